The van der Waals surface area contributed by atoms with Gasteiger partial charge in [-0.2, -0.15) is 15.0 Å². The summed E-state index contributed by atoms with van der Waals surface area (Å²) in [6.45, 7) is 0. The van der Waals surface area contributed by atoms with Gasteiger partial charge in [0.05, 0.1) is 23.8 Å². The third-order valence-electron chi connectivity index (χ3n) is 4.28. The molecule has 0 radical (unpaired) electrons. The van der Waals surface area contributed by atoms with Crippen molar-refractivity contribution in [2.24, 2.45) is 0 Å². The van der Waals surface area contributed by atoms with E-state index in [0.717, 1.165) is 17.1 Å². The molecule has 2 heterocycles. The summed E-state index contributed by atoms with van der Waals surface area (Å²) >= 11 is 0. The average molecular weight is 400 g/mol. The van der Waals surface area contributed by atoms with Crippen molar-refractivity contribution in [2.75, 3.05) is 29.6 Å². The second-order valence-electron chi connectivity index (χ2n) is 6.70. The van der Waals surface area contributed by atoms with Crippen molar-refractivity contribution in [2.45, 2.75) is 0 Å². The molecule has 0 saturated heterocycles. The highest BCUT2D eigenvalue weighted by Gasteiger charge is 2.12. The first-order chi connectivity index (χ1) is 14.6. The van der Waals surface area contributed by atoms with Crippen LogP contribution >= 0.6 is 0 Å². The molecule has 0 fully saturated rings. The number of hydrogen-bond donors (Lipinski definition) is 2. The number of carbonyl (C=O) groups excluding carboxylic acids is 1. The lowest BCUT2D eigenvalue weighted by molar-refractivity contribution is 0.102. The summed E-state index contributed by atoms with van der Waals surface area (Å²) in [7, 11) is 3.88. The van der Waals surface area contributed by atoms with Crippen LogP contribution in [0.1, 0.15) is 10.5 Å². The number of amides is 1. The minimum absolute atomic E-state index is 0.233. The molecule has 0 aliphatic rings. The van der Waals surface area contributed by atoms with Crippen LogP contribution in [0.4, 0.5) is 22.9 Å². The molecule has 150 valence electrons. The summed E-state index contributed by atoms with van der Waals surface area (Å²) in [4.78, 5) is 15.8. The lowest BCUT2D eigenvalue weighted by Crippen LogP contribution is -2.13. The van der Waals surface area contributed by atoms with Crippen LogP contribution in [0.3, 0.4) is 0 Å². The Morgan fingerprint density at radius 2 is 1.70 bits per heavy atom. The maximum atomic E-state index is 12.5. The maximum Gasteiger partial charge on any atom is 0.277 e. The van der Waals surface area contributed by atoms with Crippen molar-refractivity contribution in [3.63, 3.8) is 0 Å². The largest absolute Gasteiger partial charge is 0.376 e. The van der Waals surface area contributed by atoms with Gasteiger partial charge in [-0.15, -0.1) is 10.2 Å². The Labute approximate surface area is 173 Å². The highest BCUT2D eigenvalue weighted by atomic mass is 16.2. The Morgan fingerprint density at radius 3 is 2.43 bits per heavy atom. The van der Waals surface area contributed by atoms with Crippen LogP contribution in [-0.2, 0) is 0 Å². The lowest BCUT2D eigenvalue weighted by Gasteiger charge is -2.13. The van der Waals surface area contributed by atoms with Gasteiger partial charge in [0.2, 0.25) is 0 Å². The molecule has 2 aromatic carbocycles. The fourth-order valence-corrected chi connectivity index (χ4v) is 2.69. The van der Waals surface area contributed by atoms with Gasteiger partial charge in [-0.3, -0.25) is 4.79 Å². The van der Waals surface area contributed by atoms with Crippen LogP contribution in [-0.4, -0.2) is 45.2 Å². The molecule has 0 saturated carbocycles. The van der Waals surface area contributed by atoms with Gasteiger partial charge >= 0.3 is 0 Å². The fraction of sp³-hybridized carbons (Fsp3) is 0.0952. The van der Waals surface area contributed by atoms with E-state index in [9.17, 15) is 4.79 Å². The van der Waals surface area contributed by atoms with E-state index < -0.39 is 0 Å². The minimum Gasteiger partial charge on any atom is -0.376 e. The van der Waals surface area contributed by atoms with E-state index in [4.69, 9.17) is 0 Å². The van der Waals surface area contributed by atoms with Gasteiger partial charge in [-0.25, -0.2) is 0 Å². The van der Waals surface area contributed by atoms with E-state index in [-0.39, 0.29) is 11.6 Å². The Kier molecular flexibility index (Phi) is 5.33. The third-order valence-corrected chi connectivity index (χ3v) is 4.28. The monoisotopic (exact) mass is 400 g/mol. The second kappa shape index (κ2) is 8.39. The zero-order chi connectivity index (χ0) is 20.9. The minimum atomic E-state index is -0.331. The summed E-state index contributed by atoms with van der Waals surface area (Å²) in [5.41, 5.74) is 3.44. The number of aromatic nitrogens is 5. The third kappa shape index (κ3) is 4.41. The van der Waals surface area contributed by atoms with Crippen molar-refractivity contribution in [1.29, 1.82) is 0 Å². The van der Waals surface area contributed by atoms with E-state index in [1.807, 2.05) is 67.5 Å². The normalized spacial score (nSPS) is 10.5. The molecular weight excluding hydrogens is 380 g/mol. The number of para-hydroxylation sites is 1. The Morgan fingerprint density at radius 1 is 0.967 bits per heavy atom. The quantitative estimate of drug-likeness (QED) is 0.513. The molecule has 0 unspecified atom stereocenters. The molecule has 9 nitrogen and oxygen atoms in total. The number of nitrogens with one attached hydrogen (secondary N) is 2. The van der Waals surface area contributed by atoms with Crippen molar-refractivity contribution >= 4 is 28.8 Å². The van der Waals surface area contributed by atoms with Crippen molar-refractivity contribution in [3.05, 3.63) is 78.8 Å². The standard InChI is InChI=1S/C21H20N8O/c1-28(2)18-12-20(26-22-13-18)24-15-8-10-16(11-9-15)25-21(30)19-14-23-29(27-19)17-6-4-3-5-7-17/h3-14H,1-2H3,(H,24,26)(H,25,30). The van der Waals surface area contributed by atoms with E-state index in [2.05, 4.69) is 31.0 Å². The van der Waals surface area contributed by atoms with Crippen LogP contribution in [0.2, 0.25) is 0 Å². The first-order valence-electron chi connectivity index (χ1n) is 9.25. The van der Waals surface area contributed by atoms with Gasteiger partial charge in [0.15, 0.2) is 11.5 Å². The maximum absolute atomic E-state index is 12.5. The highest BCUT2D eigenvalue weighted by Crippen LogP contribution is 2.20. The Bertz CT molecular complexity index is 1140. The predicted octanol–water partition coefficient (Wildman–Crippen LogP) is 3.12. The van der Waals surface area contributed by atoms with Crippen molar-refractivity contribution in [1.82, 2.24) is 25.2 Å². The summed E-state index contributed by atoms with van der Waals surface area (Å²) in [6.07, 6.45) is 3.13. The molecule has 0 aliphatic heterocycles. The summed E-state index contributed by atoms with van der Waals surface area (Å²) < 4.78 is 0. The number of carbonyl (C=O) groups is 1. The zero-order valence-corrected chi connectivity index (χ0v) is 16.5. The van der Waals surface area contributed by atoms with Crippen LogP contribution in [0.25, 0.3) is 5.69 Å². The molecule has 2 aromatic heterocycles. The molecular formula is C21H20N8O. The summed E-state index contributed by atoms with van der Waals surface area (Å²) in [5, 5.41) is 22.5. The van der Waals surface area contributed by atoms with E-state index in [1.165, 1.54) is 11.0 Å². The zero-order valence-electron chi connectivity index (χ0n) is 16.5. The molecule has 4 aromatic rings. The number of hydrogen-bond acceptors (Lipinski definition) is 7. The van der Waals surface area contributed by atoms with Crippen LogP contribution in [0.5, 0.6) is 0 Å². The first kappa shape index (κ1) is 19.1. The molecule has 1 amide bonds. The first-order valence-corrected chi connectivity index (χ1v) is 9.25. The van der Waals surface area contributed by atoms with Crippen LogP contribution in [0, 0.1) is 0 Å². The van der Waals surface area contributed by atoms with Gasteiger partial charge in [-0.1, -0.05) is 18.2 Å². The van der Waals surface area contributed by atoms with Gasteiger partial charge in [0, 0.05) is 31.5 Å². The highest BCUT2D eigenvalue weighted by molar-refractivity contribution is 6.02. The molecule has 0 aliphatic carbocycles. The smallest absolute Gasteiger partial charge is 0.277 e. The summed E-state index contributed by atoms with van der Waals surface area (Å²) in [6, 6.07) is 18.6. The molecule has 30 heavy (non-hydrogen) atoms. The van der Waals surface area contributed by atoms with Crippen molar-refractivity contribution in [3.8, 4) is 5.69 Å². The molecule has 0 bridgehead atoms. The van der Waals surface area contributed by atoms with Gasteiger partial charge in [0.1, 0.15) is 0 Å². The predicted molar refractivity (Wildman–Crippen MR) is 115 cm³/mol. The topological polar surface area (TPSA) is 101 Å². The van der Waals surface area contributed by atoms with E-state index in [1.54, 1.807) is 18.3 Å². The molecule has 0 atom stereocenters. The number of anilines is 4. The van der Waals surface area contributed by atoms with E-state index >= 15 is 0 Å². The number of benzene rings is 2. The Hall–Kier alpha value is -4.27. The lowest BCUT2D eigenvalue weighted by atomic mass is 10.2. The van der Waals surface area contributed by atoms with Crippen molar-refractivity contribution < 1.29 is 4.79 Å². The summed E-state index contributed by atoms with van der Waals surface area (Å²) in [5.74, 6) is 0.304. The fourth-order valence-electron chi connectivity index (χ4n) is 2.69. The number of nitrogens with zero attached hydrogens (tertiary/aromatic N) is 6. The SMILES string of the molecule is CN(C)c1cnnc(Nc2ccc(NC(=O)c3cnn(-c4ccccc4)n3)cc2)c1. The van der Waals surface area contributed by atoms with Gasteiger partial charge < -0.3 is 15.5 Å². The van der Waals surface area contributed by atoms with E-state index in [0.29, 0.717) is 11.5 Å². The molecule has 0 spiro atoms. The second-order valence-corrected chi connectivity index (χ2v) is 6.70. The average Bonchev–Trinajstić information content (AvgIpc) is 3.26. The van der Waals surface area contributed by atoms with Crippen LogP contribution in [0.15, 0.2) is 73.1 Å². The molecule has 9 heteroatoms. The van der Waals surface area contributed by atoms with Crippen LogP contribution < -0.4 is 15.5 Å². The molecule has 4 rings (SSSR count). The van der Waals surface area contributed by atoms with Gasteiger partial charge in [-0.05, 0) is 36.4 Å². The van der Waals surface area contributed by atoms with Gasteiger partial charge in [0.25, 0.3) is 5.91 Å². The number of rotatable bonds is 6. The Balaban J connectivity index is 1.41. The molecule has 2 N–H and O–H groups in total.